The molecule has 0 spiro atoms. The van der Waals surface area contributed by atoms with Crippen LogP contribution in [0.1, 0.15) is 37.7 Å². The number of carbonyl (C=O) groups is 2. The van der Waals surface area contributed by atoms with E-state index in [-0.39, 0.29) is 5.69 Å². The number of benzene rings is 1. The van der Waals surface area contributed by atoms with Crippen molar-refractivity contribution >= 4 is 23.3 Å². The van der Waals surface area contributed by atoms with E-state index < -0.39 is 36.3 Å². The fraction of sp³-hybridized carbons (Fsp3) is 0.579. The highest BCUT2D eigenvalue weighted by molar-refractivity contribution is 5.96. The Morgan fingerprint density at radius 1 is 1.18 bits per heavy atom. The average molecular weight is 400 g/mol. The second-order valence-electron chi connectivity index (χ2n) is 6.93. The van der Waals surface area contributed by atoms with Gasteiger partial charge in [0.15, 0.2) is 12.7 Å². The number of anilines is 2. The van der Waals surface area contributed by atoms with E-state index in [2.05, 4.69) is 5.32 Å². The number of nitrogens with zero attached hydrogens (tertiary/aromatic N) is 1. The molecule has 1 amide bonds. The van der Waals surface area contributed by atoms with Crippen LogP contribution in [-0.4, -0.2) is 44.3 Å². The van der Waals surface area contributed by atoms with Gasteiger partial charge in [0.25, 0.3) is 5.91 Å². The lowest BCUT2D eigenvalue weighted by atomic mass is 10.1. The SMILES string of the molecule is O=C(COC(=O)[C@H]1CCCO1)Nc1cc(C(F)(F)F)ccc1N1CCCCC1. The monoisotopic (exact) mass is 400 g/mol. The number of amides is 1. The van der Waals surface area contributed by atoms with Gasteiger partial charge < -0.3 is 19.7 Å². The van der Waals surface area contributed by atoms with Crippen molar-refractivity contribution in [1.29, 1.82) is 0 Å². The third-order valence-electron chi connectivity index (χ3n) is 4.83. The summed E-state index contributed by atoms with van der Waals surface area (Å²) in [6.07, 6.45) is -0.974. The molecule has 0 unspecified atom stereocenters. The Kier molecular flexibility index (Phi) is 6.43. The lowest BCUT2D eigenvalue weighted by Crippen LogP contribution is -2.31. The van der Waals surface area contributed by atoms with E-state index in [4.69, 9.17) is 9.47 Å². The van der Waals surface area contributed by atoms with Gasteiger partial charge in [-0.1, -0.05) is 0 Å². The second-order valence-corrected chi connectivity index (χ2v) is 6.93. The van der Waals surface area contributed by atoms with Crippen LogP contribution in [0.5, 0.6) is 0 Å². The standard InChI is InChI=1S/C19H23F3N2O4/c20-19(21,22)13-6-7-15(24-8-2-1-3-9-24)14(11-13)23-17(25)12-28-18(26)16-5-4-10-27-16/h6-7,11,16H,1-5,8-10,12H2,(H,23,25)/t16-/m1/s1. The number of ether oxygens (including phenoxy) is 2. The quantitative estimate of drug-likeness (QED) is 0.768. The Balaban J connectivity index is 1.70. The van der Waals surface area contributed by atoms with E-state index in [1.807, 2.05) is 4.90 Å². The number of nitrogens with one attached hydrogen (secondary N) is 1. The molecule has 0 saturated carbocycles. The van der Waals surface area contributed by atoms with Crippen molar-refractivity contribution in [1.82, 2.24) is 0 Å². The minimum Gasteiger partial charge on any atom is -0.454 e. The van der Waals surface area contributed by atoms with Gasteiger partial charge in [-0.25, -0.2) is 4.79 Å². The first-order valence-electron chi connectivity index (χ1n) is 9.39. The van der Waals surface area contributed by atoms with Crippen LogP contribution in [0.3, 0.4) is 0 Å². The van der Waals surface area contributed by atoms with Crippen molar-refractivity contribution in [2.24, 2.45) is 0 Å². The fourth-order valence-corrected chi connectivity index (χ4v) is 3.40. The molecule has 3 rings (SSSR count). The van der Waals surface area contributed by atoms with Crippen LogP contribution in [0.4, 0.5) is 24.5 Å². The summed E-state index contributed by atoms with van der Waals surface area (Å²) in [5.74, 6) is -1.32. The molecule has 1 atom stereocenters. The number of halogens is 3. The van der Waals surface area contributed by atoms with Crippen molar-refractivity contribution < 1.29 is 32.2 Å². The summed E-state index contributed by atoms with van der Waals surface area (Å²) in [7, 11) is 0. The molecule has 28 heavy (non-hydrogen) atoms. The Labute approximate surface area is 161 Å². The molecule has 6 nitrogen and oxygen atoms in total. The number of carbonyl (C=O) groups excluding carboxylic acids is 2. The lowest BCUT2D eigenvalue weighted by molar-refractivity contribution is -0.156. The van der Waals surface area contributed by atoms with Gasteiger partial charge in [-0.15, -0.1) is 0 Å². The second kappa shape index (κ2) is 8.81. The number of esters is 1. The molecule has 1 aromatic carbocycles. The third kappa shape index (κ3) is 5.15. The third-order valence-corrected chi connectivity index (χ3v) is 4.83. The highest BCUT2D eigenvalue weighted by Gasteiger charge is 2.32. The van der Waals surface area contributed by atoms with Crippen molar-refractivity contribution in [3.05, 3.63) is 23.8 Å². The zero-order chi connectivity index (χ0) is 20.1. The molecule has 0 aliphatic carbocycles. The summed E-state index contributed by atoms with van der Waals surface area (Å²) in [4.78, 5) is 26.0. The minimum absolute atomic E-state index is 0.0647. The molecule has 0 radical (unpaired) electrons. The Bertz CT molecular complexity index is 712. The fourth-order valence-electron chi connectivity index (χ4n) is 3.40. The number of hydrogen-bond donors (Lipinski definition) is 1. The maximum absolute atomic E-state index is 13.1. The number of piperidine rings is 1. The van der Waals surface area contributed by atoms with Crippen LogP contribution in [0.2, 0.25) is 0 Å². The first-order valence-corrected chi connectivity index (χ1v) is 9.39. The molecular weight excluding hydrogens is 377 g/mol. The number of hydrogen-bond acceptors (Lipinski definition) is 5. The number of rotatable bonds is 5. The molecule has 154 valence electrons. The lowest BCUT2D eigenvalue weighted by Gasteiger charge is -2.31. The van der Waals surface area contributed by atoms with Crippen LogP contribution >= 0.6 is 0 Å². The van der Waals surface area contributed by atoms with Gasteiger partial charge >= 0.3 is 12.1 Å². The largest absolute Gasteiger partial charge is 0.454 e. The first kappa shape index (κ1) is 20.4. The van der Waals surface area contributed by atoms with E-state index >= 15 is 0 Å². The Hall–Kier alpha value is -2.29. The van der Waals surface area contributed by atoms with Crippen LogP contribution in [0.15, 0.2) is 18.2 Å². The van der Waals surface area contributed by atoms with Crippen molar-refractivity contribution in [2.75, 3.05) is 36.5 Å². The molecular formula is C19H23F3N2O4. The summed E-state index contributed by atoms with van der Waals surface area (Å²) < 4.78 is 49.4. The normalized spacial score (nSPS) is 20.1. The van der Waals surface area contributed by atoms with Crippen LogP contribution in [0, 0.1) is 0 Å². The Morgan fingerprint density at radius 3 is 2.57 bits per heavy atom. The van der Waals surface area contributed by atoms with Gasteiger partial charge in [-0.3, -0.25) is 4.79 Å². The van der Waals surface area contributed by atoms with E-state index in [1.54, 1.807) is 0 Å². The summed E-state index contributed by atoms with van der Waals surface area (Å²) in [5, 5.41) is 2.47. The maximum atomic E-state index is 13.1. The number of alkyl halides is 3. The van der Waals surface area contributed by atoms with Gasteiger partial charge in [0.05, 0.1) is 16.9 Å². The smallest absolute Gasteiger partial charge is 0.416 e. The van der Waals surface area contributed by atoms with E-state index in [1.165, 1.54) is 6.07 Å². The van der Waals surface area contributed by atoms with E-state index in [0.717, 1.165) is 37.8 Å². The van der Waals surface area contributed by atoms with Gasteiger partial charge in [0.2, 0.25) is 0 Å². The molecule has 2 fully saturated rings. The molecule has 2 saturated heterocycles. The van der Waals surface area contributed by atoms with Gasteiger partial charge in [0, 0.05) is 19.7 Å². The molecule has 2 heterocycles. The maximum Gasteiger partial charge on any atom is 0.416 e. The first-order chi connectivity index (χ1) is 13.3. The van der Waals surface area contributed by atoms with Crippen LogP contribution in [-0.2, 0) is 25.2 Å². The molecule has 2 aliphatic rings. The van der Waals surface area contributed by atoms with Crippen LogP contribution < -0.4 is 10.2 Å². The predicted molar refractivity (Wildman–Crippen MR) is 96.1 cm³/mol. The van der Waals surface area contributed by atoms with Crippen LogP contribution in [0.25, 0.3) is 0 Å². The minimum atomic E-state index is -4.52. The van der Waals surface area contributed by atoms with Crippen molar-refractivity contribution in [3.63, 3.8) is 0 Å². The topological polar surface area (TPSA) is 67.9 Å². The Morgan fingerprint density at radius 2 is 1.93 bits per heavy atom. The summed E-state index contributed by atoms with van der Waals surface area (Å²) in [5.41, 5.74) is -0.249. The summed E-state index contributed by atoms with van der Waals surface area (Å²) in [6.45, 7) is 1.31. The van der Waals surface area contributed by atoms with E-state index in [9.17, 15) is 22.8 Å². The molecule has 0 bridgehead atoms. The van der Waals surface area contributed by atoms with Crippen molar-refractivity contribution in [2.45, 2.75) is 44.4 Å². The highest BCUT2D eigenvalue weighted by atomic mass is 19.4. The van der Waals surface area contributed by atoms with Gasteiger partial charge in [-0.05, 0) is 50.3 Å². The average Bonchev–Trinajstić information content (AvgIpc) is 3.21. The predicted octanol–water partition coefficient (Wildman–Crippen LogP) is 3.36. The summed E-state index contributed by atoms with van der Waals surface area (Å²) >= 11 is 0. The van der Waals surface area contributed by atoms with Gasteiger partial charge in [-0.2, -0.15) is 13.2 Å². The zero-order valence-corrected chi connectivity index (χ0v) is 15.4. The van der Waals surface area contributed by atoms with Gasteiger partial charge in [0.1, 0.15) is 0 Å². The molecule has 1 aromatic rings. The molecule has 0 aromatic heterocycles. The highest BCUT2D eigenvalue weighted by Crippen LogP contribution is 2.36. The zero-order valence-electron chi connectivity index (χ0n) is 15.4. The molecule has 9 heteroatoms. The van der Waals surface area contributed by atoms with E-state index in [0.29, 0.717) is 31.8 Å². The van der Waals surface area contributed by atoms with Crippen molar-refractivity contribution in [3.8, 4) is 0 Å². The summed E-state index contributed by atoms with van der Waals surface area (Å²) in [6, 6.07) is 3.31. The molecule has 1 N–H and O–H groups in total. The molecule has 2 aliphatic heterocycles.